The highest BCUT2D eigenvalue weighted by molar-refractivity contribution is 7.73. The highest BCUT2D eigenvalue weighted by atomic mass is 32.2. The SMILES string of the molecule is CCCOS([O])=O. The van der Waals surface area contributed by atoms with Crippen LogP contribution >= 0.6 is 0 Å². The quantitative estimate of drug-likeness (QED) is 0.546. The molecule has 0 heterocycles. The summed E-state index contributed by atoms with van der Waals surface area (Å²) in [5, 5.41) is 0. The molecule has 0 amide bonds. The van der Waals surface area contributed by atoms with Crippen molar-refractivity contribution in [3.63, 3.8) is 0 Å². The van der Waals surface area contributed by atoms with Gasteiger partial charge in [-0.15, -0.1) is 0 Å². The van der Waals surface area contributed by atoms with Crippen molar-refractivity contribution >= 4 is 11.4 Å². The monoisotopic (exact) mass is 123 g/mol. The second kappa shape index (κ2) is 4.23. The van der Waals surface area contributed by atoms with Gasteiger partial charge in [-0.1, -0.05) is 11.5 Å². The lowest BCUT2D eigenvalue weighted by Crippen LogP contribution is -1.93. The van der Waals surface area contributed by atoms with Crippen LogP contribution < -0.4 is 0 Å². The summed E-state index contributed by atoms with van der Waals surface area (Å²) >= 11 is -2.32. The van der Waals surface area contributed by atoms with Gasteiger partial charge in [0.15, 0.2) is 0 Å². The molecule has 0 aromatic carbocycles. The average Bonchev–Trinajstić information content (AvgIpc) is 1.61. The van der Waals surface area contributed by atoms with E-state index in [1.807, 2.05) is 6.92 Å². The van der Waals surface area contributed by atoms with E-state index in [-0.39, 0.29) is 6.61 Å². The first-order chi connectivity index (χ1) is 3.27. The standard InChI is InChI=1S/C3H7O3S/c1-2-3-6-7(4)5/h2-3H2,1H3. The van der Waals surface area contributed by atoms with Gasteiger partial charge in [0.1, 0.15) is 0 Å². The molecule has 3 nitrogen and oxygen atoms in total. The molecule has 0 saturated heterocycles. The highest BCUT2D eigenvalue weighted by Gasteiger charge is 1.89. The maximum atomic E-state index is 9.54. The molecule has 0 aliphatic heterocycles. The smallest absolute Gasteiger partial charge is 0.267 e. The molecule has 0 aliphatic carbocycles. The maximum Gasteiger partial charge on any atom is 0.334 e. The Kier molecular flexibility index (Phi) is 4.28. The van der Waals surface area contributed by atoms with Gasteiger partial charge in [-0.05, 0) is 6.42 Å². The summed E-state index contributed by atoms with van der Waals surface area (Å²) in [4.78, 5) is 0. The fraction of sp³-hybridized carbons (Fsp3) is 1.00. The third-order valence-electron chi connectivity index (χ3n) is 0.384. The second-order valence-electron chi connectivity index (χ2n) is 1.03. The van der Waals surface area contributed by atoms with E-state index in [4.69, 9.17) is 0 Å². The Hall–Kier alpha value is 0.0700. The van der Waals surface area contributed by atoms with Gasteiger partial charge in [0.25, 0.3) is 0 Å². The third-order valence-corrected chi connectivity index (χ3v) is 0.743. The topological polar surface area (TPSA) is 46.2 Å². The Morgan fingerprint density at radius 2 is 2.29 bits per heavy atom. The minimum absolute atomic E-state index is 0.288. The van der Waals surface area contributed by atoms with Crippen molar-refractivity contribution in [2.24, 2.45) is 0 Å². The van der Waals surface area contributed by atoms with Crippen molar-refractivity contribution in [2.45, 2.75) is 13.3 Å². The van der Waals surface area contributed by atoms with E-state index in [0.29, 0.717) is 0 Å². The molecule has 1 radical (unpaired) electrons. The lowest BCUT2D eigenvalue weighted by Gasteiger charge is -1.87. The molecule has 0 fully saturated rings. The van der Waals surface area contributed by atoms with Crippen LogP contribution in [0.5, 0.6) is 0 Å². The van der Waals surface area contributed by atoms with E-state index >= 15 is 0 Å². The zero-order chi connectivity index (χ0) is 5.70. The van der Waals surface area contributed by atoms with Gasteiger partial charge in [-0.2, -0.15) is 4.21 Å². The van der Waals surface area contributed by atoms with Crippen LogP contribution in [0.3, 0.4) is 0 Å². The molecule has 1 unspecified atom stereocenters. The first-order valence-electron chi connectivity index (χ1n) is 2.00. The summed E-state index contributed by atoms with van der Waals surface area (Å²) < 4.78 is 23.2. The molecule has 0 spiro atoms. The molecule has 43 valence electrons. The molecule has 0 saturated carbocycles. The second-order valence-corrected chi connectivity index (χ2v) is 1.67. The molecule has 0 bridgehead atoms. The van der Waals surface area contributed by atoms with Gasteiger partial charge < -0.3 is 0 Å². The van der Waals surface area contributed by atoms with E-state index in [1.54, 1.807) is 0 Å². The Balaban J connectivity index is 2.82. The summed E-state index contributed by atoms with van der Waals surface area (Å²) in [5.74, 6) is 0. The molecular formula is C3H7O3S. The molecule has 0 aromatic heterocycles. The molecule has 0 rings (SSSR count). The maximum absolute atomic E-state index is 9.54. The van der Waals surface area contributed by atoms with Crippen LogP contribution in [0.25, 0.3) is 0 Å². The molecule has 4 heteroatoms. The van der Waals surface area contributed by atoms with Crippen molar-refractivity contribution in [3.05, 3.63) is 0 Å². The molecule has 0 aromatic rings. The van der Waals surface area contributed by atoms with Gasteiger partial charge >= 0.3 is 11.4 Å². The van der Waals surface area contributed by atoms with Gasteiger partial charge in [-0.3, -0.25) is 4.18 Å². The van der Waals surface area contributed by atoms with Gasteiger partial charge in [0, 0.05) is 0 Å². The van der Waals surface area contributed by atoms with Crippen LogP contribution in [0.4, 0.5) is 0 Å². The first-order valence-corrected chi connectivity index (χ1v) is 3.00. The summed E-state index contributed by atoms with van der Waals surface area (Å²) in [6.45, 7) is 2.13. The Bertz CT molecular complexity index is 63.2. The Morgan fingerprint density at radius 1 is 1.71 bits per heavy atom. The minimum Gasteiger partial charge on any atom is -0.267 e. The summed E-state index contributed by atoms with van der Waals surface area (Å²) in [5.41, 5.74) is 0. The van der Waals surface area contributed by atoms with E-state index in [1.165, 1.54) is 0 Å². The van der Waals surface area contributed by atoms with Crippen molar-refractivity contribution < 1.29 is 12.9 Å². The van der Waals surface area contributed by atoms with Gasteiger partial charge in [0.2, 0.25) is 0 Å². The Morgan fingerprint density at radius 3 is 2.43 bits per heavy atom. The molecule has 0 N–H and O–H groups in total. The van der Waals surface area contributed by atoms with Gasteiger partial charge in [0.05, 0.1) is 6.61 Å². The normalized spacial score (nSPS) is 14.0. The highest BCUT2D eigenvalue weighted by Crippen LogP contribution is 1.81. The minimum atomic E-state index is -2.32. The van der Waals surface area contributed by atoms with E-state index in [0.717, 1.165) is 6.42 Å². The summed E-state index contributed by atoms with van der Waals surface area (Å²) in [6.07, 6.45) is 0.730. The molecule has 7 heavy (non-hydrogen) atoms. The third kappa shape index (κ3) is 6.07. The van der Waals surface area contributed by atoms with Crippen LogP contribution in [-0.4, -0.2) is 10.8 Å². The van der Waals surface area contributed by atoms with Crippen molar-refractivity contribution in [3.8, 4) is 0 Å². The lowest BCUT2D eigenvalue weighted by molar-refractivity contribution is 0.284. The van der Waals surface area contributed by atoms with Crippen molar-refractivity contribution in [1.29, 1.82) is 0 Å². The summed E-state index contributed by atoms with van der Waals surface area (Å²) in [7, 11) is 0. The van der Waals surface area contributed by atoms with E-state index in [9.17, 15) is 8.76 Å². The fourth-order valence-corrected chi connectivity index (χ4v) is 0.454. The zero-order valence-corrected chi connectivity index (χ0v) is 4.86. The predicted octanol–water partition coefficient (Wildman–Crippen LogP) is 0.422. The largest absolute Gasteiger partial charge is 0.334 e. The predicted molar refractivity (Wildman–Crippen MR) is 25.1 cm³/mol. The number of hydrogen-bond acceptors (Lipinski definition) is 2. The lowest BCUT2D eigenvalue weighted by atomic mass is 10.5. The van der Waals surface area contributed by atoms with Crippen LogP contribution in [0.15, 0.2) is 0 Å². The van der Waals surface area contributed by atoms with E-state index in [2.05, 4.69) is 4.18 Å². The summed E-state index contributed by atoms with van der Waals surface area (Å²) in [6, 6.07) is 0. The number of hydrogen-bond donors (Lipinski definition) is 0. The average molecular weight is 123 g/mol. The first kappa shape index (κ1) is 7.07. The van der Waals surface area contributed by atoms with Crippen molar-refractivity contribution in [1.82, 2.24) is 0 Å². The van der Waals surface area contributed by atoms with Crippen LogP contribution in [0.2, 0.25) is 0 Å². The Labute approximate surface area is 45.2 Å². The van der Waals surface area contributed by atoms with E-state index < -0.39 is 11.4 Å². The van der Waals surface area contributed by atoms with Gasteiger partial charge in [-0.25, -0.2) is 0 Å². The van der Waals surface area contributed by atoms with Crippen LogP contribution in [0, 0.1) is 0 Å². The molecular weight excluding hydrogens is 116 g/mol. The van der Waals surface area contributed by atoms with Crippen LogP contribution in [0.1, 0.15) is 13.3 Å². The van der Waals surface area contributed by atoms with Crippen molar-refractivity contribution in [2.75, 3.05) is 6.61 Å². The molecule has 0 aliphatic rings. The molecule has 1 atom stereocenters. The fourth-order valence-electron chi connectivity index (χ4n) is 0.151. The zero-order valence-electron chi connectivity index (χ0n) is 4.05. The number of rotatable bonds is 3. The van der Waals surface area contributed by atoms with Crippen LogP contribution in [-0.2, 0) is 20.1 Å².